The summed E-state index contributed by atoms with van der Waals surface area (Å²) < 4.78 is 13.4. The minimum absolute atomic E-state index is 0.0627. The standard InChI is InChI=1S/C14H12FN5OS/c15-11-5-2-1-4-10(11)8-16-13(21)9-20-18-14(17-19-20)12-6-3-7-22-12/h1-7H,8-9H2,(H,16,21). The van der Waals surface area contributed by atoms with Gasteiger partial charge in [0.1, 0.15) is 12.4 Å². The number of nitrogens with zero attached hydrogens (tertiary/aromatic N) is 4. The number of tetrazole rings is 1. The summed E-state index contributed by atoms with van der Waals surface area (Å²) in [6.07, 6.45) is 0. The fourth-order valence-electron chi connectivity index (χ4n) is 1.83. The maximum Gasteiger partial charge on any atom is 0.243 e. The van der Waals surface area contributed by atoms with E-state index in [1.54, 1.807) is 18.2 Å². The first-order chi connectivity index (χ1) is 10.7. The van der Waals surface area contributed by atoms with E-state index in [-0.39, 0.29) is 24.8 Å². The molecule has 1 amide bonds. The molecule has 0 aliphatic carbocycles. The van der Waals surface area contributed by atoms with Crippen LogP contribution in [0.15, 0.2) is 41.8 Å². The zero-order valence-electron chi connectivity index (χ0n) is 11.4. The number of halogens is 1. The summed E-state index contributed by atoms with van der Waals surface area (Å²) in [6, 6.07) is 10.1. The van der Waals surface area contributed by atoms with Gasteiger partial charge in [-0.25, -0.2) is 4.39 Å². The van der Waals surface area contributed by atoms with E-state index in [9.17, 15) is 9.18 Å². The van der Waals surface area contributed by atoms with Crippen LogP contribution in [0.1, 0.15) is 5.56 Å². The van der Waals surface area contributed by atoms with Gasteiger partial charge in [-0.15, -0.1) is 21.5 Å². The van der Waals surface area contributed by atoms with Crippen molar-refractivity contribution in [2.75, 3.05) is 0 Å². The Hall–Kier alpha value is -2.61. The summed E-state index contributed by atoms with van der Waals surface area (Å²) >= 11 is 1.50. The first-order valence-corrected chi connectivity index (χ1v) is 7.42. The molecule has 3 rings (SSSR count). The normalized spacial score (nSPS) is 10.6. The summed E-state index contributed by atoms with van der Waals surface area (Å²) in [5, 5.41) is 16.4. The van der Waals surface area contributed by atoms with Crippen molar-refractivity contribution in [2.24, 2.45) is 0 Å². The number of benzene rings is 1. The zero-order valence-corrected chi connectivity index (χ0v) is 12.3. The van der Waals surface area contributed by atoms with E-state index in [0.717, 1.165) is 4.88 Å². The van der Waals surface area contributed by atoms with Crippen molar-refractivity contribution in [1.82, 2.24) is 25.5 Å². The van der Waals surface area contributed by atoms with Crippen molar-refractivity contribution in [3.05, 3.63) is 53.2 Å². The smallest absolute Gasteiger partial charge is 0.243 e. The van der Waals surface area contributed by atoms with Gasteiger partial charge in [0.15, 0.2) is 0 Å². The Morgan fingerprint density at radius 3 is 2.91 bits per heavy atom. The van der Waals surface area contributed by atoms with Gasteiger partial charge in [-0.3, -0.25) is 4.79 Å². The monoisotopic (exact) mass is 317 g/mol. The van der Waals surface area contributed by atoms with Crippen LogP contribution < -0.4 is 5.32 Å². The minimum atomic E-state index is -0.346. The lowest BCUT2D eigenvalue weighted by Crippen LogP contribution is -2.28. The summed E-state index contributed by atoms with van der Waals surface area (Å²) in [7, 11) is 0. The number of aromatic nitrogens is 4. The first kappa shape index (κ1) is 14.3. The molecule has 22 heavy (non-hydrogen) atoms. The number of rotatable bonds is 5. The lowest BCUT2D eigenvalue weighted by molar-refractivity contribution is -0.122. The van der Waals surface area contributed by atoms with Crippen LogP contribution in [0.25, 0.3) is 10.7 Å². The maximum absolute atomic E-state index is 13.4. The highest BCUT2D eigenvalue weighted by Crippen LogP contribution is 2.19. The van der Waals surface area contributed by atoms with Gasteiger partial charge < -0.3 is 5.32 Å². The van der Waals surface area contributed by atoms with E-state index in [0.29, 0.717) is 11.4 Å². The Morgan fingerprint density at radius 1 is 1.27 bits per heavy atom. The molecule has 1 aromatic carbocycles. The van der Waals surface area contributed by atoms with Crippen LogP contribution in [-0.2, 0) is 17.9 Å². The molecule has 0 spiro atoms. The molecule has 8 heteroatoms. The van der Waals surface area contributed by atoms with Gasteiger partial charge in [0, 0.05) is 12.1 Å². The quantitative estimate of drug-likeness (QED) is 0.779. The van der Waals surface area contributed by atoms with E-state index < -0.39 is 0 Å². The van der Waals surface area contributed by atoms with Gasteiger partial charge in [0.05, 0.1) is 4.88 Å². The number of amides is 1. The van der Waals surface area contributed by atoms with Gasteiger partial charge in [-0.05, 0) is 22.7 Å². The third-order valence-electron chi connectivity index (χ3n) is 2.91. The molecular weight excluding hydrogens is 305 g/mol. The second-order valence-electron chi connectivity index (χ2n) is 4.49. The predicted molar refractivity (Wildman–Crippen MR) is 79.4 cm³/mol. The SMILES string of the molecule is O=C(Cn1nnc(-c2cccs2)n1)NCc1ccccc1F. The number of hydrogen-bond acceptors (Lipinski definition) is 5. The van der Waals surface area contributed by atoms with Crippen LogP contribution in [0.5, 0.6) is 0 Å². The van der Waals surface area contributed by atoms with Gasteiger partial charge in [0.25, 0.3) is 0 Å². The fraction of sp³-hybridized carbons (Fsp3) is 0.143. The number of hydrogen-bond donors (Lipinski definition) is 1. The maximum atomic E-state index is 13.4. The third-order valence-corrected chi connectivity index (χ3v) is 3.78. The van der Waals surface area contributed by atoms with E-state index in [1.807, 2.05) is 17.5 Å². The molecule has 0 unspecified atom stereocenters. The average molecular weight is 317 g/mol. The summed E-state index contributed by atoms with van der Waals surface area (Å²) in [5.74, 6) is -0.169. The molecule has 112 valence electrons. The first-order valence-electron chi connectivity index (χ1n) is 6.54. The molecule has 6 nitrogen and oxygen atoms in total. The lowest BCUT2D eigenvalue weighted by atomic mass is 10.2. The minimum Gasteiger partial charge on any atom is -0.350 e. The summed E-state index contributed by atoms with van der Waals surface area (Å²) in [6.45, 7) is 0.0603. The Morgan fingerprint density at radius 2 is 2.14 bits per heavy atom. The van der Waals surface area contributed by atoms with Crippen molar-refractivity contribution in [1.29, 1.82) is 0 Å². The number of carbonyl (C=O) groups excluding carboxylic acids is 1. The third kappa shape index (κ3) is 3.34. The second-order valence-corrected chi connectivity index (χ2v) is 5.44. The molecule has 0 saturated heterocycles. The van der Waals surface area contributed by atoms with Gasteiger partial charge in [0.2, 0.25) is 11.7 Å². The molecule has 0 atom stereocenters. The van der Waals surface area contributed by atoms with Crippen LogP contribution in [-0.4, -0.2) is 26.1 Å². The van der Waals surface area contributed by atoms with Gasteiger partial charge in [-0.2, -0.15) is 4.80 Å². The molecule has 3 aromatic rings. The van der Waals surface area contributed by atoms with Crippen molar-refractivity contribution >= 4 is 17.2 Å². The molecule has 0 aliphatic heterocycles. The highest BCUT2D eigenvalue weighted by atomic mass is 32.1. The second kappa shape index (κ2) is 6.44. The number of nitrogens with one attached hydrogen (secondary N) is 1. The molecule has 0 fully saturated rings. The average Bonchev–Trinajstić information content (AvgIpc) is 3.17. The van der Waals surface area contributed by atoms with Crippen molar-refractivity contribution < 1.29 is 9.18 Å². The molecular formula is C14H12FN5OS. The van der Waals surface area contributed by atoms with Gasteiger partial charge in [-0.1, -0.05) is 24.3 Å². The van der Waals surface area contributed by atoms with Crippen LogP contribution in [0.4, 0.5) is 4.39 Å². The number of carbonyl (C=O) groups is 1. The van der Waals surface area contributed by atoms with Crippen LogP contribution >= 0.6 is 11.3 Å². The molecule has 2 heterocycles. The van der Waals surface area contributed by atoms with Crippen LogP contribution in [0.2, 0.25) is 0 Å². The van der Waals surface area contributed by atoms with E-state index >= 15 is 0 Å². The van der Waals surface area contributed by atoms with Crippen LogP contribution in [0, 0.1) is 5.82 Å². The molecule has 2 aromatic heterocycles. The number of thiophene rings is 1. The highest BCUT2D eigenvalue weighted by molar-refractivity contribution is 7.13. The molecule has 0 radical (unpaired) electrons. The van der Waals surface area contributed by atoms with Crippen LogP contribution in [0.3, 0.4) is 0 Å². The zero-order chi connectivity index (χ0) is 15.4. The lowest BCUT2D eigenvalue weighted by Gasteiger charge is -2.05. The largest absolute Gasteiger partial charge is 0.350 e. The van der Waals surface area contributed by atoms with Crippen molar-refractivity contribution in [2.45, 2.75) is 13.1 Å². The Labute approximate surface area is 129 Å². The molecule has 0 aliphatic rings. The highest BCUT2D eigenvalue weighted by Gasteiger charge is 2.10. The van der Waals surface area contributed by atoms with E-state index in [2.05, 4.69) is 20.7 Å². The molecule has 1 N–H and O–H groups in total. The summed E-state index contributed by atoms with van der Waals surface area (Å²) in [4.78, 5) is 13.9. The Kier molecular flexibility index (Phi) is 4.19. The van der Waals surface area contributed by atoms with Crippen molar-refractivity contribution in [3.63, 3.8) is 0 Å². The van der Waals surface area contributed by atoms with Gasteiger partial charge >= 0.3 is 0 Å². The van der Waals surface area contributed by atoms with E-state index in [4.69, 9.17) is 0 Å². The topological polar surface area (TPSA) is 72.7 Å². The Bertz CT molecular complexity index is 771. The predicted octanol–water partition coefficient (Wildman–Crippen LogP) is 1.86. The molecule has 0 bridgehead atoms. The van der Waals surface area contributed by atoms with Crippen molar-refractivity contribution in [3.8, 4) is 10.7 Å². The summed E-state index contributed by atoms with van der Waals surface area (Å²) in [5.41, 5.74) is 0.432. The molecule has 0 saturated carbocycles. The Balaban J connectivity index is 1.57. The van der Waals surface area contributed by atoms with E-state index in [1.165, 1.54) is 22.2 Å². The fourth-order valence-corrected chi connectivity index (χ4v) is 2.48.